The number of nitrogens with zero attached hydrogens (tertiary/aromatic N) is 3. The van der Waals surface area contributed by atoms with Gasteiger partial charge in [-0.25, -0.2) is 15.4 Å². The molecule has 0 spiro atoms. The van der Waals surface area contributed by atoms with Crippen molar-refractivity contribution in [3.63, 3.8) is 0 Å². The van der Waals surface area contributed by atoms with Crippen LogP contribution in [0, 0.1) is 0 Å². The zero-order chi connectivity index (χ0) is 19.2. The topological polar surface area (TPSA) is 50.2 Å². The molecule has 0 radical (unpaired) electrons. The molecule has 28 heavy (non-hydrogen) atoms. The first-order valence-corrected chi connectivity index (χ1v) is 9.21. The Kier molecular flexibility index (Phi) is 5.41. The van der Waals surface area contributed by atoms with Gasteiger partial charge in [0.25, 0.3) is 0 Å². The van der Waals surface area contributed by atoms with E-state index < -0.39 is 0 Å². The van der Waals surface area contributed by atoms with Gasteiger partial charge in [-0.1, -0.05) is 90.5 Å². The van der Waals surface area contributed by atoms with E-state index in [1.54, 1.807) is 6.21 Å². The molecule has 0 aliphatic heterocycles. The highest BCUT2D eigenvalue weighted by Crippen LogP contribution is 2.25. The van der Waals surface area contributed by atoms with Crippen LogP contribution >= 0.6 is 11.6 Å². The highest BCUT2D eigenvalue weighted by molar-refractivity contribution is 6.33. The predicted molar refractivity (Wildman–Crippen MR) is 116 cm³/mol. The van der Waals surface area contributed by atoms with Gasteiger partial charge in [0.15, 0.2) is 0 Å². The van der Waals surface area contributed by atoms with Crippen molar-refractivity contribution in [2.75, 3.05) is 5.43 Å². The van der Waals surface area contributed by atoms with Gasteiger partial charge < -0.3 is 0 Å². The summed E-state index contributed by atoms with van der Waals surface area (Å²) < 4.78 is 0. The zero-order valence-electron chi connectivity index (χ0n) is 15.0. The number of rotatable bonds is 5. The number of anilines is 1. The van der Waals surface area contributed by atoms with Gasteiger partial charge in [-0.2, -0.15) is 5.10 Å². The number of hydrogen-bond acceptors (Lipinski definition) is 4. The summed E-state index contributed by atoms with van der Waals surface area (Å²) >= 11 is 6.17. The van der Waals surface area contributed by atoms with Crippen LogP contribution in [0.2, 0.25) is 5.02 Å². The second-order valence-electron chi connectivity index (χ2n) is 6.09. The molecule has 0 aliphatic carbocycles. The molecule has 0 saturated carbocycles. The minimum atomic E-state index is 0.420. The van der Waals surface area contributed by atoms with Gasteiger partial charge in [0.05, 0.1) is 17.6 Å². The molecule has 5 heteroatoms. The maximum atomic E-state index is 6.17. The Morgan fingerprint density at radius 3 is 1.82 bits per heavy atom. The molecule has 0 aliphatic rings. The number of benzene rings is 3. The molecule has 0 saturated heterocycles. The summed E-state index contributed by atoms with van der Waals surface area (Å²) in [5.74, 6) is 0.420. The summed E-state index contributed by atoms with van der Waals surface area (Å²) in [6.07, 6.45) is 1.66. The van der Waals surface area contributed by atoms with Crippen molar-refractivity contribution in [2.45, 2.75) is 0 Å². The molecule has 3 aromatic carbocycles. The monoisotopic (exact) mass is 384 g/mol. The number of aromatic nitrogens is 2. The Morgan fingerprint density at radius 2 is 1.25 bits per heavy atom. The summed E-state index contributed by atoms with van der Waals surface area (Å²) in [4.78, 5) is 9.23. The standard InChI is InChI=1S/C23H17ClN4/c24-20-14-8-7-13-19(20)16-25-28-23-26-21(17-9-3-1-4-10-17)15-22(27-23)18-11-5-2-6-12-18/h1-16H,(H,26,27,28)/b25-16+. The van der Waals surface area contributed by atoms with E-state index in [2.05, 4.69) is 20.5 Å². The third kappa shape index (κ3) is 4.24. The van der Waals surface area contributed by atoms with Gasteiger partial charge in [-0.3, -0.25) is 0 Å². The third-order valence-electron chi connectivity index (χ3n) is 4.14. The molecule has 4 nitrogen and oxygen atoms in total. The maximum Gasteiger partial charge on any atom is 0.244 e. The number of hydrazone groups is 1. The van der Waals surface area contributed by atoms with Crippen LogP contribution in [0.3, 0.4) is 0 Å². The van der Waals surface area contributed by atoms with Crippen molar-refractivity contribution < 1.29 is 0 Å². The molecule has 0 fully saturated rings. The summed E-state index contributed by atoms with van der Waals surface area (Å²) in [6.45, 7) is 0. The van der Waals surface area contributed by atoms with Crippen molar-refractivity contribution >= 4 is 23.8 Å². The Balaban J connectivity index is 1.69. The molecular formula is C23H17ClN4. The van der Waals surface area contributed by atoms with Gasteiger partial charge in [0.1, 0.15) is 0 Å². The first-order valence-electron chi connectivity index (χ1n) is 8.83. The van der Waals surface area contributed by atoms with E-state index in [0.29, 0.717) is 11.0 Å². The van der Waals surface area contributed by atoms with E-state index in [1.165, 1.54) is 0 Å². The lowest BCUT2D eigenvalue weighted by Crippen LogP contribution is -2.00. The second kappa shape index (κ2) is 8.46. The Morgan fingerprint density at radius 1 is 0.714 bits per heavy atom. The predicted octanol–water partition coefficient (Wildman–Crippen LogP) is 5.91. The molecule has 4 aromatic rings. The van der Waals surface area contributed by atoms with E-state index in [0.717, 1.165) is 28.1 Å². The first-order chi connectivity index (χ1) is 13.8. The molecule has 1 aromatic heterocycles. The van der Waals surface area contributed by atoms with Crippen molar-refractivity contribution in [1.29, 1.82) is 0 Å². The fourth-order valence-electron chi connectivity index (χ4n) is 2.75. The van der Waals surface area contributed by atoms with Crippen molar-refractivity contribution in [3.05, 3.63) is 102 Å². The van der Waals surface area contributed by atoms with E-state index >= 15 is 0 Å². The fraction of sp³-hybridized carbons (Fsp3) is 0. The van der Waals surface area contributed by atoms with Gasteiger partial charge in [0.2, 0.25) is 5.95 Å². The van der Waals surface area contributed by atoms with E-state index in [9.17, 15) is 0 Å². The Bertz CT molecular complexity index is 1040. The van der Waals surface area contributed by atoms with E-state index in [-0.39, 0.29) is 0 Å². The smallest absolute Gasteiger partial charge is 0.244 e. The average Bonchev–Trinajstić information content (AvgIpc) is 2.76. The van der Waals surface area contributed by atoms with Crippen molar-refractivity contribution in [3.8, 4) is 22.5 Å². The first kappa shape index (κ1) is 17.9. The maximum absolute atomic E-state index is 6.17. The summed E-state index contributed by atoms with van der Waals surface area (Å²) in [5, 5.41) is 4.89. The van der Waals surface area contributed by atoms with Gasteiger partial charge in [0, 0.05) is 21.7 Å². The van der Waals surface area contributed by atoms with Crippen LogP contribution in [0.4, 0.5) is 5.95 Å². The van der Waals surface area contributed by atoms with Gasteiger partial charge in [-0.15, -0.1) is 0 Å². The molecule has 0 unspecified atom stereocenters. The SMILES string of the molecule is Clc1ccccc1/C=N/Nc1nc(-c2ccccc2)cc(-c2ccccc2)n1. The van der Waals surface area contributed by atoms with E-state index in [1.807, 2.05) is 91.0 Å². The number of hydrogen-bond donors (Lipinski definition) is 1. The molecule has 1 heterocycles. The molecule has 0 bridgehead atoms. The van der Waals surface area contributed by atoms with Crippen LogP contribution in [0.1, 0.15) is 5.56 Å². The summed E-state index contributed by atoms with van der Waals surface area (Å²) in [7, 11) is 0. The minimum absolute atomic E-state index is 0.420. The molecule has 0 amide bonds. The van der Waals surface area contributed by atoms with Crippen LogP contribution < -0.4 is 5.43 Å². The van der Waals surface area contributed by atoms with Gasteiger partial charge in [-0.05, 0) is 12.1 Å². The van der Waals surface area contributed by atoms with Crippen molar-refractivity contribution in [1.82, 2.24) is 9.97 Å². The largest absolute Gasteiger partial charge is 0.245 e. The quantitative estimate of drug-likeness (QED) is 0.343. The number of halogens is 1. The molecule has 0 atom stereocenters. The van der Waals surface area contributed by atoms with Gasteiger partial charge >= 0.3 is 0 Å². The van der Waals surface area contributed by atoms with E-state index in [4.69, 9.17) is 11.6 Å². The Hall–Kier alpha value is -3.50. The highest BCUT2D eigenvalue weighted by Gasteiger charge is 2.08. The fourth-order valence-corrected chi connectivity index (χ4v) is 2.93. The van der Waals surface area contributed by atoms with Crippen LogP contribution in [0.5, 0.6) is 0 Å². The normalized spacial score (nSPS) is 10.9. The summed E-state index contributed by atoms with van der Waals surface area (Å²) in [5.41, 5.74) is 7.42. The lowest BCUT2D eigenvalue weighted by atomic mass is 10.1. The number of nitrogens with one attached hydrogen (secondary N) is 1. The minimum Gasteiger partial charge on any atom is -0.245 e. The Labute approximate surface area is 168 Å². The average molecular weight is 385 g/mol. The zero-order valence-corrected chi connectivity index (χ0v) is 15.7. The van der Waals surface area contributed by atoms with Crippen LogP contribution in [0.25, 0.3) is 22.5 Å². The molecule has 4 rings (SSSR count). The summed E-state index contributed by atoms with van der Waals surface area (Å²) in [6, 6.07) is 29.5. The van der Waals surface area contributed by atoms with Crippen molar-refractivity contribution in [2.24, 2.45) is 5.10 Å². The molecule has 136 valence electrons. The highest BCUT2D eigenvalue weighted by atomic mass is 35.5. The second-order valence-corrected chi connectivity index (χ2v) is 6.49. The third-order valence-corrected chi connectivity index (χ3v) is 4.48. The molecular weight excluding hydrogens is 368 g/mol. The molecule has 1 N–H and O–H groups in total. The van der Waals surface area contributed by atoms with Crippen LogP contribution in [0.15, 0.2) is 96.1 Å². The lowest BCUT2D eigenvalue weighted by Gasteiger charge is -2.08. The van der Waals surface area contributed by atoms with Crippen LogP contribution in [-0.2, 0) is 0 Å². The van der Waals surface area contributed by atoms with Crippen LogP contribution in [-0.4, -0.2) is 16.2 Å². The lowest BCUT2D eigenvalue weighted by molar-refractivity contribution is 1.13.